The summed E-state index contributed by atoms with van der Waals surface area (Å²) in [7, 11) is 0. The molecule has 2 aromatic carbocycles. The van der Waals surface area contributed by atoms with E-state index in [0.717, 1.165) is 12.8 Å². The van der Waals surface area contributed by atoms with E-state index in [4.69, 9.17) is 0 Å². The van der Waals surface area contributed by atoms with Gasteiger partial charge in [0.1, 0.15) is 0 Å². The molecule has 1 aliphatic heterocycles. The molecule has 0 radical (unpaired) electrons. The quantitative estimate of drug-likeness (QED) is 0.723. The van der Waals surface area contributed by atoms with Crippen LogP contribution < -0.4 is 0 Å². The van der Waals surface area contributed by atoms with Gasteiger partial charge in [-0.25, -0.2) is 0 Å². The first-order chi connectivity index (χ1) is 8.84. The average Bonchev–Trinajstić information content (AvgIpc) is 2.94. The van der Waals surface area contributed by atoms with Gasteiger partial charge < -0.3 is 0 Å². The molecule has 0 N–H and O–H groups in total. The molecule has 1 unspecified atom stereocenters. The van der Waals surface area contributed by atoms with Crippen LogP contribution in [0.15, 0.2) is 53.5 Å². The van der Waals surface area contributed by atoms with E-state index in [1.807, 2.05) is 6.21 Å². The Hall–Kier alpha value is -1.89. The molecule has 0 saturated carbocycles. The zero-order valence-electron chi connectivity index (χ0n) is 10.6. The second-order valence-electron chi connectivity index (χ2n) is 4.86. The monoisotopic (exact) mass is 235 g/mol. The molecule has 3 rings (SSSR count). The number of aryl methyl sites for hydroxylation is 1. The first-order valence-electron chi connectivity index (χ1n) is 6.52. The molecule has 1 aliphatic rings. The zero-order chi connectivity index (χ0) is 12.4. The summed E-state index contributed by atoms with van der Waals surface area (Å²) in [6.07, 6.45) is 4.31. The Morgan fingerprint density at radius 3 is 2.44 bits per heavy atom. The fraction of sp³-hybridized carbons (Fsp3) is 0.235. The minimum absolute atomic E-state index is 0.385. The molecule has 0 aromatic heterocycles. The maximum Gasteiger partial charge on any atom is 0.0748 e. The topological polar surface area (TPSA) is 12.4 Å². The third-order valence-electron chi connectivity index (χ3n) is 3.61. The van der Waals surface area contributed by atoms with E-state index in [2.05, 4.69) is 60.4 Å². The summed E-state index contributed by atoms with van der Waals surface area (Å²) >= 11 is 0. The molecule has 18 heavy (non-hydrogen) atoms. The Kier molecular flexibility index (Phi) is 2.97. The maximum absolute atomic E-state index is 4.50. The molecule has 0 aliphatic carbocycles. The van der Waals surface area contributed by atoms with E-state index in [1.165, 1.54) is 22.3 Å². The van der Waals surface area contributed by atoms with Crippen LogP contribution in [0.2, 0.25) is 0 Å². The first kappa shape index (κ1) is 11.2. The van der Waals surface area contributed by atoms with Gasteiger partial charge in [0.15, 0.2) is 0 Å². The van der Waals surface area contributed by atoms with Crippen LogP contribution >= 0.6 is 0 Å². The van der Waals surface area contributed by atoms with Crippen molar-refractivity contribution in [2.45, 2.75) is 25.8 Å². The highest BCUT2D eigenvalue weighted by Gasteiger charge is 2.12. The molecule has 1 atom stereocenters. The number of aliphatic imine (C=N–C) groups is 1. The van der Waals surface area contributed by atoms with E-state index in [1.54, 1.807) is 0 Å². The van der Waals surface area contributed by atoms with Crippen molar-refractivity contribution in [1.29, 1.82) is 0 Å². The van der Waals surface area contributed by atoms with E-state index in [-0.39, 0.29) is 0 Å². The minimum atomic E-state index is 0.385. The standard InChI is InChI=1S/C17H17N/c1-13-5-2-3-6-16(13)14-8-10-15(11-9-14)17-7-4-12-18-17/h2-3,5-6,8-12,17H,4,7H2,1H3. The molecule has 0 amide bonds. The van der Waals surface area contributed by atoms with Crippen molar-refractivity contribution in [1.82, 2.24) is 0 Å². The summed E-state index contributed by atoms with van der Waals surface area (Å²) in [5.74, 6) is 0. The van der Waals surface area contributed by atoms with Crippen LogP contribution in [0.4, 0.5) is 0 Å². The van der Waals surface area contributed by atoms with Crippen LogP contribution in [0.5, 0.6) is 0 Å². The SMILES string of the molecule is Cc1ccccc1-c1ccc(C2CCC=N2)cc1. The van der Waals surface area contributed by atoms with Gasteiger partial charge in [0.05, 0.1) is 6.04 Å². The minimum Gasteiger partial charge on any atom is -0.289 e. The Morgan fingerprint density at radius 1 is 1.00 bits per heavy atom. The number of hydrogen-bond donors (Lipinski definition) is 0. The Labute approximate surface area is 108 Å². The lowest BCUT2D eigenvalue weighted by molar-refractivity contribution is 0.723. The van der Waals surface area contributed by atoms with Crippen molar-refractivity contribution < 1.29 is 0 Å². The maximum atomic E-state index is 4.50. The van der Waals surface area contributed by atoms with E-state index < -0.39 is 0 Å². The van der Waals surface area contributed by atoms with Crippen LogP contribution in [-0.4, -0.2) is 6.21 Å². The summed E-state index contributed by atoms with van der Waals surface area (Å²) in [6.45, 7) is 2.16. The van der Waals surface area contributed by atoms with Crippen LogP contribution in [0, 0.1) is 6.92 Å². The van der Waals surface area contributed by atoms with Crippen molar-refractivity contribution in [3.05, 3.63) is 59.7 Å². The lowest BCUT2D eigenvalue weighted by atomic mass is 9.97. The molecule has 0 bridgehead atoms. The van der Waals surface area contributed by atoms with Gasteiger partial charge in [0.2, 0.25) is 0 Å². The van der Waals surface area contributed by atoms with E-state index in [9.17, 15) is 0 Å². The van der Waals surface area contributed by atoms with Gasteiger partial charge in [0, 0.05) is 0 Å². The van der Waals surface area contributed by atoms with Crippen LogP contribution in [0.3, 0.4) is 0 Å². The van der Waals surface area contributed by atoms with Crippen molar-refractivity contribution in [3.63, 3.8) is 0 Å². The van der Waals surface area contributed by atoms with Gasteiger partial charge in [-0.3, -0.25) is 4.99 Å². The predicted molar refractivity (Wildman–Crippen MR) is 77.1 cm³/mol. The average molecular weight is 235 g/mol. The fourth-order valence-electron chi connectivity index (χ4n) is 2.54. The number of hydrogen-bond acceptors (Lipinski definition) is 1. The highest BCUT2D eigenvalue weighted by atomic mass is 14.8. The molecule has 1 heterocycles. The molecule has 0 fully saturated rings. The summed E-state index contributed by atoms with van der Waals surface area (Å²) in [5, 5.41) is 0. The van der Waals surface area contributed by atoms with Crippen molar-refractivity contribution >= 4 is 6.21 Å². The molecule has 0 saturated heterocycles. The number of benzene rings is 2. The first-order valence-corrected chi connectivity index (χ1v) is 6.52. The van der Waals surface area contributed by atoms with Gasteiger partial charge >= 0.3 is 0 Å². The largest absolute Gasteiger partial charge is 0.289 e. The van der Waals surface area contributed by atoms with Crippen molar-refractivity contribution in [2.75, 3.05) is 0 Å². The lowest BCUT2D eigenvalue weighted by Gasteiger charge is -2.10. The summed E-state index contributed by atoms with van der Waals surface area (Å²) in [4.78, 5) is 4.50. The third-order valence-corrected chi connectivity index (χ3v) is 3.61. The molecule has 0 spiro atoms. The van der Waals surface area contributed by atoms with Crippen LogP contribution in [0.25, 0.3) is 11.1 Å². The molecule has 1 nitrogen and oxygen atoms in total. The Balaban J connectivity index is 1.91. The summed E-state index contributed by atoms with van der Waals surface area (Å²) in [5.41, 5.74) is 5.27. The molecular formula is C17H17N. The molecule has 90 valence electrons. The summed E-state index contributed by atoms with van der Waals surface area (Å²) < 4.78 is 0. The van der Waals surface area contributed by atoms with E-state index >= 15 is 0 Å². The van der Waals surface area contributed by atoms with Crippen LogP contribution in [-0.2, 0) is 0 Å². The fourth-order valence-corrected chi connectivity index (χ4v) is 2.54. The molecular weight excluding hydrogens is 218 g/mol. The smallest absolute Gasteiger partial charge is 0.0748 e. The molecule has 1 heteroatoms. The Bertz CT molecular complexity index is 566. The lowest BCUT2D eigenvalue weighted by Crippen LogP contribution is -1.90. The zero-order valence-corrected chi connectivity index (χ0v) is 10.6. The van der Waals surface area contributed by atoms with Gasteiger partial charge in [-0.15, -0.1) is 0 Å². The number of rotatable bonds is 2. The van der Waals surface area contributed by atoms with Crippen LogP contribution in [0.1, 0.15) is 30.0 Å². The highest BCUT2D eigenvalue weighted by molar-refractivity contribution is 5.67. The van der Waals surface area contributed by atoms with Crippen molar-refractivity contribution in [3.8, 4) is 11.1 Å². The van der Waals surface area contributed by atoms with Gasteiger partial charge in [-0.1, -0.05) is 48.5 Å². The van der Waals surface area contributed by atoms with Gasteiger partial charge in [-0.05, 0) is 48.2 Å². The van der Waals surface area contributed by atoms with Gasteiger partial charge in [-0.2, -0.15) is 0 Å². The Morgan fingerprint density at radius 2 is 1.78 bits per heavy atom. The van der Waals surface area contributed by atoms with E-state index in [0.29, 0.717) is 6.04 Å². The second kappa shape index (κ2) is 4.77. The summed E-state index contributed by atoms with van der Waals surface area (Å²) in [6, 6.07) is 17.8. The predicted octanol–water partition coefficient (Wildman–Crippen LogP) is 4.57. The second-order valence-corrected chi connectivity index (χ2v) is 4.86. The van der Waals surface area contributed by atoms with Gasteiger partial charge in [0.25, 0.3) is 0 Å². The normalized spacial score (nSPS) is 18.2. The highest BCUT2D eigenvalue weighted by Crippen LogP contribution is 2.29. The third kappa shape index (κ3) is 2.08. The number of nitrogens with zero attached hydrogens (tertiary/aromatic N) is 1. The molecule has 2 aromatic rings. The van der Waals surface area contributed by atoms with Crippen molar-refractivity contribution in [2.24, 2.45) is 4.99 Å².